The molecule has 6 nitrogen and oxygen atoms in total. The lowest BCUT2D eigenvalue weighted by molar-refractivity contribution is 0.102. The molecule has 2 N–H and O–H groups in total. The van der Waals surface area contributed by atoms with Crippen molar-refractivity contribution in [3.63, 3.8) is 0 Å². The molecule has 0 atom stereocenters. The number of nitrogens with one attached hydrogen (secondary N) is 2. The second-order valence-electron chi connectivity index (χ2n) is 5.55. The number of amides is 1. The SMILES string of the molecule is CCc1ccc2nc(NC(=O)c3ccccc3NS(C)(=O)=O)sc2c1. The van der Waals surface area contributed by atoms with Crippen LogP contribution in [0.5, 0.6) is 0 Å². The number of hydrogen-bond donors (Lipinski definition) is 2. The van der Waals surface area contributed by atoms with E-state index in [9.17, 15) is 13.2 Å². The van der Waals surface area contributed by atoms with Gasteiger partial charge >= 0.3 is 0 Å². The van der Waals surface area contributed by atoms with Crippen LogP contribution in [0.25, 0.3) is 10.2 Å². The van der Waals surface area contributed by atoms with E-state index in [1.807, 2.05) is 12.1 Å². The Bertz CT molecular complexity index is 1040. The average Bonchev–Trinajstić information content (AvgIpc) is 2.94. The lowest BCUT2D eigenvalue weighted by atomic mass is 10.2. The number of fused-ring (bicyclic) bond motifs is 1. The Morgan fingerprint density at radius 2 is 1.96 bits per heavy atom. The maximum Gasteiger partial charge on any atom is 0.259 e. The summed E-state index contributed by atoms with van der Waals surface area (Å²) < 4.78 is 26.3. The highest BCUT2D eigenvalue weighted by Gasteiger charge is 2.15. The third-order valence-electron chi connectivity index (χ3n) is 3.55. The molecule has 0 aliphatic carbocycles. The van der Waals surface area contributed by atoms with E-state index < -0.39 is 15.9 Å². The number of anilines is 2. The fourth-order valence-electron chi connectivity index (χ4n) is 2.38. The topological polar surface area (TPSA) is 88.2 Å². The molecule has 130 valence electrons. The molecule has 0 radical (unpaired) electrons. The van der Waals surface area contributed by atoms with Crippen LogP contribution in [0.1, 0.15) is 22.8 Å². The van der Waals surface area contributed by atoms with Gasteiger partial charge in [-0.2, -0.15) is 0 Å². The molecule has 0 bridgehead atoms. The van der Waals surface area contributed by atoms with Gasteiger partial charge in [-0.3, -0.25) is 14.8 Å². The van der Waals surface area contributed by atoms with E-state index >= 15 is 0 Å². The molecule has 0 spiro atoms. The predicted octanol–water partition coefficient (Wildman–Crippen LogP) is 3.48. The number of carbonyl (C=O) groups excluding carboxylic acids is 1. The van der Waals surface area contributed by atoms with Gasteiger partial charge in [0.05, 0.1) is 27.7 Å². The number of benzene rings is 2. The Balaban J connectivity index is 1.88. The standard InChI is InChI=1S/C17H17N3O3S2/c1-3-11-8-9-14-15(10-11)24-17(18-14)19-16(21)12-6-4-5-7-13(12)20-25(2,22)23/h4-10,20H,3H2,1-2H3,(H,18,19,21). The lowest BCUT2D eigenvalue weighted by Gasteiger charge is -2.09. The minimum atomic E-state index is -3.48. The number of hydrogen-bond acceptors (Lipinski definition) is 5. The quantitative estimate of drug-likeness (QED) is 0.714. The van der Waals surface area contributed by atoms with Crippen molar-refractivity contribution >= 4 is 48.3 Å². The highest BCUT2D eigenvalue weighted by Crippen LogP contribution is 2.28. The first-order valence-electron chi connectivity index (χ1n) is 7.63. The van der Waals surface area contributed by atoms with E-state index in [0.29, 0.717) is 5.13 Å². The van der Waals surface area contributed by atoms with E-state index in [0.717, 1.165) is 22.9 Å². The van der Waals surface area contributed by atoms with Crippen LogP contribution >= 0.6 is 11.3 Å². The largest absolute Gasteiger partial charge is 0.298 e. The van der Waals surface area contributed by atoms with Crippen molar-refractivity contribution < 1.29 is 13.2 Å². The summed E-state index contributed by atoms with van der Waals surface area (Å²) in [6.45, 7) is 2.08. The molecule has 2 aromatic carbocycles. The van der Waals surface area contributed by atoms with Gasteiger partial charge in [-0.1, -0.05) is 36.5 Å². The van der Waals surface area contributed by atoms with E-state index in [2.05, 4.69) is 28.0 Å². The third kappa shape index (κ3) is 4.15. The molecule has 1 aromatic heterocycles. The van der Waals surface area contributed by atoms with Crippen LogP contribution in [0.15, 0.2) is 42.5 Å². The fourth-order valence-corrected chi connectivity index (χ4v) is 3.88. The van der Waals surface area contributed by atoms with Gasteiger partial charge < -0.3 is 0 Å². The molecule has 3 rings (SSSR count). The number of rotatable bonds is 5. The monoisotopic (exact) mass is 375 g/mol. The van der Waals surface area contributed by atoms with Crippen molar-refractivity contribution in [2.24, 2.45) is 0 Å². The number of aromatic nitrogens is 1. The molecule has 0 unspecified atom stereocenters. The Morgan fingerprint density at radius 3 is 2.68 bits per heavy atom. The van der Waals surface area contributed by atoms with Crippen LogP contribution < -0.4 is 10.0 Å². The molecule has 0 aliphatic rings. The maximum absolute atomic E-state index is 12.5. The zero-order valence-electron chi connectivity index (χ0n) is 13.7. The summed E-state index contributed by atoms with van der Waals surface area (Å²) >= 11 is 1.39. The molecular formula is C17H17N3O3S2. The second kappa shape index (κ2) is 6.81. The van der Waals surface area contributed by atoms with Gasteiger partial charge in [0.15, 0.2) is 5.13 Å². The summed E-state index contributed by atoms with van der Waals surface area (Å²) in [6.07, 6.45) is 1.97. The molecule has 1 heterocycles. The second-order valence-corrected chi connectivity index (χ2v) is 8.33. The van der Waals surface area contributed by atoms with Gasteiger partial charge in [-0.15, -0.1) is 0 Å². The summed E-state index contributed by atoms with van der Waals surface area (Å²) in [6, 6.07) is 12.4. The van der Waals surface area contributed by atoms with Gasteiger partial charge in [0.25, 0.3) is 5.91 Å². The van der Waals surface area contributed by atoms with Crippen LogP contribution in [0.3, 0.4) is 0 Å². The summed E-state index contributed by atoms with van der Waals surface area (Å²) in [5.41, 5.74) is 2.50. The third-order valence-corrected chi connectivity index (χ3v) is 5.07. The normalized spacial score (nSPS) is 11.4. The number of sulfonamides is 1. The van der Waals surface area contributed by atoms with Crippen molar-refractivity contribution in [3.8, 4) is 0 Å². The molecule has 3 aromatic rings. The molecule has 0 aliphatic heterocycles. The van der Waals surface area contributed by atoms with Gasteiger partial charge in [-0.25, -0.2) is 13.4 Å². The van der Waals surface area contributed by atoms with Crippen LogP contribution in [0.4, 0.5) is 10.8 Å². The zero-order chi connectivity index (χ0) is 18.0. The summed E-state index contributed by atoms with van der Waals surface area (Å²) in [5, 5.41) is 3.22. The van der Waals surface area contributed by atoms with Crippen LogP contribution in [0, 0.1) is 0 Å². The van der Waals surface area contributed by atoms with Crippen LogP contribution in [0.2, 0.25) is 0 Å². The maximum atomic E-state index is 12.5. The summed E-state index contributed by atoms with van der Waals surface area (Å²) in [7, 11) is -3.48. The molecule has 0 fully saturated rings. The predicted molar refractivity (Wildman–Crippen MR) is 102 cm³/mol. The van der Waals surface area contributed by atoms with Gasteiger partial charge in [0.2, 0.25) is 10.0 Å². The summed E-state index contributed by atoms with van der Waals surface area (Å²) in [5.74, 6) is -0.415. The first-order chi connectivity index (χ1) is 11.9. The van der Waals surface area contributed by atoms with Gasteiger partial charge in [0.1, 0.15) is 0 Å². The first-order valence-corrected chi connectivity index (χ1v) is 10.3. The van der Waals surface area contributed by atoms with E-state index in [1.165, 1.54) is 16.9 Å². The Labute approximate surface area is 150 Å². The molecule has 0 saturated carbocycles. The molecule has 0 saturated heterocycles. The highest BCUT2D eigenvalue weighted by atomic mass is 32.2. The lowest BCUT2D eigenvalue weighted by Crippen LogP contribution is -2.17. The fraction of sp³-hybridized carbons (Fsp3) is 0.176. The van der Waals surface area contributed by atoms with Crippen LogP contribution in [-0.2, 0) is 16.4 Å². The number of nitrogens with zero attached hydrogens (tertiary/aromatic N) is 1. The van der Waals surface area contributed by atoms with Gasteiger partial charge in [-0.05, 0) is 36.2 Å². The van der Waals surface area contributed by atoms with Crippen molar-refractivity contribution in [3.05, 3.63) is 53.6 Å². The number of thiazole rings is 1. The van der Waals surface area contributed by atoms with Crippen molar-refractivity contribution in [1.82, 2.24) is 4.98 Å². The molecule has 25 heavy (non-hydrogen) atoms. The average molecular weight is 375 g/mol. The molecule has 8 heteroatoms. The zero-order valence-corrected chi connectivity index (χ0v) is 15.4. The summed E-state index contributed by atoms with van der Waals surface area (Å²) in [4.78, 5) is 16.9. The Hall–Kier alpha value is -2.45. The highest BCUT2D eigenvalue weighted by molar-refractivity contribution is 7.92. The van der Waals surface area contributed by atoms with Crippen molar-refractivity contribution in [2.45, 2.75) is 13.3 Å². The number of para-hydroxylation sites is 1. The molecular weight excluding hydrogens is 358 g/mol. The molecule has 1 amide bonds. The Kier molecular flexibility index (Phi) is 4.73. The van der Waals surface area contributed by atoms with E-state index in [1.54, 1.807) is 24.3 Å². The van der Waals surface area contributed by atoms with E-state index in [4.69, 9.17) is 0 Å². The van der Waals surface area contributed by atoms with Crippen molar-refractivity contribution in [1.29, 1.82) is 0 Å². The first kappa shape index (κ1) is 17.4. The minimum absolute atomic E-state index is 0.233. The smallest absolute Gasteiger partial charge is 0.259 e. The minimum Gasteiger partial charge on any atom is -0.298 e. The van der Waals surface area contributed by atoms with Gasteiger partial charge in [0, 0.05) is 0 Å². The van der Waals surface area contributed by atoms with Crippen molar-refractivity contribution in [2.75, 3.05) is 16.3 Å². The number of carbonyl (C=O) groups is 1. The van der Waals surface area contributed by atoms with Crippen LogP contribution in [-0.4, -0.2) is 25.6 Å². The number of aryl methyl sites for hydroxylation is 1. The van der Waals surface area contributed by atoms with E-state index in [-0.39, 0.29) is 11.3 Å². The Morgan fingerprint density at radius 1 is 1.20 bits per heavy atom.